The molecule has 0 aliphatic carbocycles. The maximum atomic E-state index is 11.4. The van der Waals surface area contributed by atoms with Gasteiger partial charge >= 0.3 is 0 Å². The molecule has 0 fully saturated rings. The van der Waals surface area contributed by atoms with Crippen LogP contribution in [0.5, 0.6) is 0 Å². The highest BCUT2D eigenvalue weighted by atomic mass is 16.6. The van der Waals surface area contributed by atoms with E-state index < -0.39 is 17.8 Å². The van der Waals surface area contributed by atoms with Crippen LogP contribution in [0, 0.1) is 0 Å². The molecule has 144 valence electrons. The van der Waals surface area contributed by atoms with E-state index in [0.29, 0.717) is 19.7 Å². The SMILES string of the molecule is CC(C)(OCCNCCN1C(=O)C=CC1=O)C(CO)OC(CO)CO. The number of aliphatic hydroxyl groups is 3. The molecule has 25 heavy (non-hydrogen) atoms. The maximum absolute atomic E-state index is 11.4. The lowest BCUT2D eigenvalue weighted by molar-refractivity contribution is -0.173. The van der Waals surface area contributed by atoms with E-state index in [1.54, 1.807) is 13.8 Å². The van der Waals surface area contributed by atoms with Gasteiger partial charge in [-0.25, -0.2) is 0 Å². The predicted molar refractivity (Wildman–Crippen MR) is 88.7 cm³/mol. The van der Waals surface area contributed by atoms with Crippen LogP contribution in [0.1, 0.15) is 13.8 Å². The van der Waals surface area contributed by atoms with Gasteiger partial charge in [-0.1, -0.05) is 0 Å². The molecule has 1 aliphatic heterocycles. The van der Waals surface area contributed by atoms with E-state index in [2.05, 4.69) is 5.32 Å². The summed E-state index contributed by atoms with van der Waals surface area (Å²) in [4.78, 5) is 23.9. The van der Waals surface area contributed by atoms with Gasteiger partial charge in [-0.05, 0) is 13.8 Å². The van der Waals surface area contributed by atoms with E-state index in [9.17, 15) is 14.7 Å². The van der Waals surface area contributed by atoms with Crippen LogP contribution in [0.2, 0.25) is 0 Å². The standard InChI is InChI=1S/C16H28N2O7/c1-16(2,13(11-21)25-12(9-19)10-20)24-8-6-17-5-7-18-14(22)3-4-15(18)23/h3-4,12-13,17,19-21H,5-11H2,1-2H3. The molecule has 0 aromatic carbocycles. The third-order valence-corrected chi connectivity index (χ3v) is 3.87. The number of rotatable bonds is 13. The minimum Gasteiger partial charge on any atom is -0.394 e. The van der Waals surface area contributed by atoms with E-state index in [1.807, 2.05) is 0 Å². The minimum atomic E-state index is -0.830. The maximum Gasteiger partial charge on any atom is 0.253 e. The fourth-order valence-electron chi connectivity index (χ4n) is 2.25. The second kappa shape index (κ2) is 10.6. The Kier molecular flexibility index (Phi) is 9.19. The van der Waals surface area contributed by atoms with Gasteiger partial charge in [0.15, 0.2) is 0 Å². The number of nitrogens with zero attached hydrogens (tertiary/aromatic N) is 1. The Morgan fingerprint density at radius 2 is 1.68 bits per heavy atom. The number of carbonyl (C=O) groups excluding carboxylic acids is 2. The number of aliphatic hydroxyl groups excluding tert-OH is 3. The highest BCUT2D eigenvalue weighted by molar-refractivity contribution is 6.12. The summed E-state index contributed by atoms with van der Waals surface area (Å²) in [5.74, 6) is -0.621. The molecule has 0 aromatic heterocycles. The fourth-order valence-corrected chi connectivity index (χ4v) is 2.25. The van der Waals surface area contributed by atoms with Crippen LogP contribution in [-0.4, -0.2) is 95.9 Å². The van der Waals surface area contributed by atoms with Crippen LogP contribution in [0.25, 0.3) is 0 Å². The van der Waals surface area contributed by atoms with Crippen molar-refractivity contribution in [2.24, 2.45) is 0 Å². The smallest absolute Gasteiger partial charge is 0.253 e. The molecule has 1 unspecified atom stereocenters. The highest BCUT2D eigenvalue weighted by Crippen LogP contribution is 2.19. The van der Waals surface area contributed by atoms with Gasteiger partial charge in [0.1, 0.15) is 12.2 Å². The van der Waals surface area contributed by atoms with Gasteiger partial charge in [-0.15, -0.1) is 0 Å². The van der Waals surface area contributed by atoms with Gasteiger partial charge in [0.25, 0.3) is 11.8 Å². The Morgan fingerprint density at radius 3 is 2.20 bits per heavy atom. The summed E-state index contributed by atoms with van der Waals surface area (Å²) in [6.45, 7) is 3.99. The molecule has 0 saturated carbocycles. The Balaban J connectivity index is 2.26. The summed E-state index contributed by atoms with van der Waals surface area (Å²) < 4.78 is 11.2. The van der Waals surface area contributed by atoms with Gasteiger partial charge in [0, 0.05) is 31.8 Å². The number of imide groups is 1. The van der Waals surface area contributed by atoms with E-state index in [4.69, 9.17) is 19.7 Å². The number of amides is 2. The Hall–Kier alpha value is -1.36. The lowest BCUT2D eigenvalue weighted by Crippen LogP contribution is -2.47. The number of hydrogen-bond donors (Lipinski definition) is 4. The number of nitrogens with one attached hydrogen (secondary N) is 1. The zero-order valence-electron chi connectivity index (χ0n) is 14.7. The average molecular weight is 360 g/mol. The molecule has 1 heterocycles. The van der Waals surface area contributed by atoms with Crippen LogP contribution < -0.4 is 5.32 Å². The molecule has 4 N–H and O–H groups in total. The van der Waals surface area contributed by atoms with Gasteiger partial charge in [0.2, 0.25) is 0 Å². The van der Waals surface area contributed by atoms with Crippen LogP contribution in [0.15, 0.2) is 12.2 Å². The minimum absolute atomic E-state index is 0.283. The van der Waals surface area contributed by atoms with Gasteiger partial charge in [0.05, 0.1) is 32.0 Å². The predicted octanol–water partition coefficient (Wildman–Crippen LogP) is -1.97. The molecule has 0 spiro atoms. The molecule has 1 aliphatic rings. The molecule has 1 rings (SSSR count). The van der Waals surface area contributed by atoms with E-state index in [-0.39, 0.29) is 38.2 Å². The summed E-state index contributed by atoms with van der Waals surface area (Å²) in [6, 6.07) is 0. The molecule has 9 heteroatoms. The van der Waals surface area contributed by atoms with Crippen molar-refractivity contribution in [1.82, 2.24) is 10.2 Å². The van der Waals surface area contributed by atoms with Crippen LogP contribution in [0.3, 0.4) is 0 Å². The van der Waals surface area contributed by atoms with Crippen LogP contribution in [-0.2, 0) is 19.1 Å². The number of ether oxygens (including phenoxy) is 2. The topological polar surface area (TPSA) is 129 Å². The highest BCUT2D eigenvalue weighted by Gasteiger charge is 2.32. The van der Waals surface area contributed by atoms with Crippen molar-refractivity contribution < 1.29 is 34.4 Å². The number of carbonyl (C=O) groups is 2. The molecule has 0 radical (unpaired) electrons. The second-order valence-electron chi connectivity index (χ2n) is 6.16. The number of hydrogen-bond acceptors (Lipinski definition) is 8. The van der Waals surface area contributed by atoms with Crippen molar-refractivity contribution in [3.05, 3.63) is 12.2 Å². The van der Waals surface area contributed by atoms with Crippen molar-refractivity contribution >= 4 is 11.8 Å². The Bertz CT molecular complexity index is 445. The first-order valence-corrected chi connectivity index (χ1v) is 8.22. The third-order valence-electron chi connectivity index (χ3n) is 3.87. The van der Waals surface area contributed by atoms with E-state index >= 15 is 0 Å². The molecule has 0 aromatic rings. The fraction of sp³-hybridized carbons (Fsp3) is 0.750. The molecular formula is C16H28N2O7. The third kappa shape index (κ3) is 6.81. The zero-order valence-corrected chi connectivity index (χ0v) is 14.7. The van der Waals surface area contributed by atoms with E-state index in [0.717, 1.165) is 4.90 Å². The van der Waals surface area contributed by atoms with Crippen molar-refractivity contribution in [1.29, 1.82) is 0 Å². The first-order valence-electron chi connectivity index (χ1n) is 8.22. The van der Waals surface area contributed by atoms with Gasteiger partial charge in [-0.2, -0.15) is 0 Å². The van der Waals surface area contributed by atoms with Crippen molar-refractivity contribution in [3.63, 3.8) is 0 Å². The summed E-state index contributed by atoms with van der Waals surface area (Å²) in [6.07, 6.45) is 1.01. The van der Waals surface area contributed by atoms with Gasteiger partial charge in [-0.3, -0.25) is 14.5 Å². The molecule has 9 nitrogen and oxygen atoms in total. The normalized spacial score (nSPS) is 16.3. The largest absolute Gasteiger partial charge is 0.394 e. The molecule has 0 bridgehead atoms. The Labute approximate surface area is 147 Å². The first kappa shape index (κ1) is 21.7. The zero-order chi connectivity index (χ0) is 18.9. The summed E-state index contributed by atoms with van der Waals surface area (Å²) in [5, 5.41) is 30.6. The van der Waals surface area contributed by atoms with Crippen molar-refractivity contribution in [3.8, 4) is 0 Å². The van der Waals surface area contributed by atoms with Crippen molar-refractivity contribution in [2.45, 2.75) is 31.7 Å². The second-order valence-corrected chi connectivity index (χ2v) is 6.16. The van der Waals surface area contributed by atoms with Crippen LogP contribution >= 0.6 is 0 Å². The lowest BCUT2D eigenvalue weighted by Gasteiger charge is -2.35. The molecule has 1 atom stereocenters. The van der Waals surface area contributed by atoms with E-state index in [1.165, 1.54) is 12.2 Å². The van der Waals surface area contributed by atoms with Gasteiger partial charge < -0.3 is 30.1 Å². The Morgan fingerprint density at radius 1 is 1.08 bits per heavy atom. The molecular weight excluding hydrogens is 332 g/mol. The molecule has 2 amide bonds. The summed E-state index contributed by atoms with van der Waals surface area (Å²) in [7, 11) is 0. The molecule has 0 saturated heterocycles. The van der Waals surface area contributed by atoms with Crippen LogP contribution in [0.4, 0.5) is 0 Å². The lowest BCUT2D eigenvalue weighted by atomic mass is 10.0. The first-order chi connectivity index (χ1) is 11.9. The quantitative estimate of drug-likeness (QED) is 0.220. The summed E-state index contributed by atoms with van der Waals surface area (Å²) in [5.41, 5.74) is -0.830. The monoisotopic (exact) mass is 360 g/mol. The average Bonchev–Trinajstić information content (AvgIpc) is 2.90. The van der Waals surface area contributed by atoms with Crippen molar-refractivity contribution in [2.75, 3.05) is 46.1 Å². The summed E-state index contributed by atoms with van der Waals surface area (Å²) >= 11 is 0.